The molecule has 0 aliphatic rings. The van der Waals surface area contributed by atoms with Crippen LogP contribution in [-0.4, -0.2) is 170 Å². The van der Waals surface area contributed by atoms with Gasteiger partial charge >= 0.3 is 17.9 Å². The van der Waals surface area contributed by atoms with Crippen LogP contribution < -0.4 is 16.0 Å². The van der Waals surface area contributed by atoms with Crippen LogP contribution >= 0.6 is 0 Å². The summed E-state index contributed by atoms with van der Waals surface area (Å²) in [6.45, 7) is 2.30. The van der Waals surface area contributed by atoms with Gasteiger partial charge in [0.1, 0.15) is 0 Å². The van der Waals surface area contributed by atoms with Crippen LogP contribution in [0.3, 0.4) is 0 Å². The Bertz CT molecular complexity index is 724. The first-order chi connectivity index (χ1) is 18.8. The van der Waals surface area contributed by atoms with E-state index in [1.165, 1.54) is 14.7 Å². The summed E-state index contributed by atoms with van der Waals surface area (Å²) >= 11 is 0. The van der Waals surface area contributed by atoms with Crippen molar-refractivity contribution in [2.24, 2.45) is 0 Å². The number of carboxylic acid groups (broad SMARTS) is 3. The highest BCUT2D eigenvalue weighted by Crippen LogP contribution is 1.97. The number of nitrogens with zero attached hydrogens (tertiary/aromatic N) is 4. The number of hydrogen-bond acceptors (Lipinski definition) is 10. The van der Waals surface area contributed by atoms with Crippen molar-refractivity contribution >= 4 is 35.6 Å². The molecule has 0 fully saturated rings. The van der Waals surface area contributed by atoms with Gasteiger partial charge in [-0.15, -0.1) is 0 Å². The summed E-state index contributed by atoms with van der Waals surface area (Å²) in [5.74, 6) is -3.88. The second kappa shape index (κ2) is 21.5. The predicted molar refractivity (Wildman–Crippen MR) is 145 cm³/mol. The van der Waals surface area contributed by atoms with E-state index >= 15 is 0 Å². The van der Waals surface area contributed by atoms with Gasteiger partial charge in [-0.1, -0.05) is 0 Å². The monoisotopic (exact) mass is 575 g/mol. The number of likely N-dealkylation sites (N-methyl/N-ethyl adjacent to an activating group) is 3. The van der Waals surface area contributed by atoms with E-state index in [0.29, 0.717) is 58.5 Å². The normalized spacial score (nSPS) is 11.2. The number of nitrogens with one attached hydrogen (secondary N) is 3. The van der Waals surface area contributed by atoms with Crippen LogP contribution in [-0.2, 0) is 28.8 Å². The van der Waals surface area contributed by atoms with Gasteiger partial charge in [0.2, 0.25) is 17.7 Å². The third kappa shape index (κ3) is 22.6. The van der Waals surface area contributed by atoms with Crippen molar-refractivity contribution in [2.45, 2.75) is 19.3 Å². The zero-order valence-corrected chi connectivity index (χ0v) is 23.7. The van der Waals surface area contributed by atoms with Gasteiger partial charge in [-0.3, -0.25) is 43.5 Å². The van der Waals surface area contributed by atoms with Gasteiger partial charge < -0.3 is 36.2 Å². The molecule has 0 atom stereocenters. The third-order valence-corrected chi connectivity index (χ3v) is 5.38. The topological polar surface area (TPSA) is 212 Å². The SMILES string of the molecule is CN(CC(=O)O)CC(=O)NCCCN(CCCNC(=O)CN(C)CC(=O)O)CCCNC(=O)CN(C)CC(=O)O. The molecule has 230 valence electrons. The number of rotatable bonds is 24. The number of carbonyl (C=O) groups is 6. The lowest BCUT2D eigenvalue weighted by Gasteiger charge is -2.23. The van der Waals surface area contributed by atoms with E-state index in [4.69, 9.17) is 15.3 Å². The molecule has 0 aliphatic heterocycles. The van der Waals surface area contributed by atoms with E-state index in [1.807, 2.05) is 0 Å². The Balaban J connectivity index is 4.54. The zero-order valence-electron chi connectivity index (χ0n) is 23.7. The van der Waals surface area contributed by atoms with Crippen LogP contribution in [0.15, 0.2) is 0 Å². The number of amides is 3. The fourth-order valence-corrected chi connectivity index (χ4v) is 3.69. The lowest BCUT2D eigenvalue weighted by atomic mass is 10.3. The first-order valence-corrected chi connectivity index (χ1v) is 13.0. The maximum absolute atomic E-state index is 12.0. The molecule has 0 rings (SSSR count). The van der Waals surface area contributed by atoms with Crippen molar-refractivity contribution in [1.82, 2.24) is 35.6 Å². The Labute approximate surface area is 234 Å². The van der Waals surface area contributed by atoms with Crippen LogP contribution in [0.4, 0.5) is 0 Å². The second-order valence-electron chi connectivity index (χ2n) is 9.65. The summed E-state index contributed by atoms with van der Waals surface area (Å²) in [4.78, 5) is 74.4. The zero-order chi connectivity index (χ0) is 30.5. The molecule has 0 aromatic carbocycles. The predicted octanol–water partition coefficient (Wildman–Crippen LogP) is -3.14. The van der Waals surface area contributed by atoms with E-state index in [0.717, 1.165) is 0 Å². The molecule has 3 amide bonds. The highest BCUT2D eigenvalue weighted by molar-refractivity contribution is 5.80. The number of hydrogen-bond donors (Lipinski definition) is 6. The Morgan fingerprint density at radius 2 is 0.725 bits per heavy atom. The maximum Gasteiger partial charge on any atom is 0.317 e. The lowest BCUT2D eigenvalue weighted by molar-refractivity contribution is -0.139. The Hall–Kier alpha value is -3.34. The number of aliphatic carboxylic acids is 3. The minimum atomic E-state index is -1.02. The molecule has 0 radical (unpaired) electrons. The molecule has 0 saturated carbocycles. The molecule has 0 spiro atoms. The quantitative estimate of drug-likeness (QED) is 0.0629. The van der Waals surface area contributed by atoms with Gasteiger partial charge in [0.05, 0.1) is 39.3 Å². The fourth-order valence-electron chi connectivity index (χ4n) is 3.69. The maximum atomic E-state index is 12.0. The van der Waals surface area contributed by atoms with Gasteiger partial charge in [-0.2, -0.15) is 0 Å². The molecule has 16 nitrogen and oxygen atoms in total. The number of carbonyl (C=O) groups excluding carboxylic acids is 3. The summed E-state index contributed by atoms with van der Waals surface area (Å²) in [6.07, 6.45) is 1.90. The minimum absolute atomic E-state index is 0.0291. The molecule has 16 heteroatoms. The summed E-state index contributed by atoms with van der Waals surface area (Å²) in [5.41, 5.74) is 0. The average Bonchev–Trinajstić information content (AvgIpc) is 2.79. The van der Waals surface area contributed by atoms with Crippen LogP contribution in [0.1, 0.15) is 19.3 Å². The summed E-state index contributed by atoms with van der Waals surface area (Å²) in [6, 6.07) is 0. The lowest BCUT2D eigenvalue weighted by Crippen LogP contribution is -2.40. The summed E-state index contributed by atoms with van der Waals surface area (Å²) < 4.78 is 0. The fraction of sp³-hybridized carbons (Fsp3) is 0.750. The van der Waals surface area contributed by atoms with Crippen molar-refractivity contribution < 1.29 is 44.1 Å². The first-order valence-electron chi connectivity index (χ1n) is 13.0. The average molecular weight is 576 g/mol. The van der Waals surface area contributed by atoms with Crippen molar-refractivity contribution in [3.8, 4) is 0 Å². The highest BCUT2D eigenvalue weighted by atomic mass is 16.4. The van der Waals surface area contributed by atoms with Crippen molar-refractivity contribution in [3.05, 3.63) is 0 Å². The summed E-state index contributed by atoms with van der Waals surface area (Å²) in [7, 11) is 4.63. The van der Waals surface area contributed by atoms with Gasteiger partial charge in [0.15, 0.2) is 0 Å². The third-order valence-electron chi connectivity index (χ3n) is 5.38. The second-order valence-corrected chi connectivity index (χ2v) is 9.65. The standard InChI is InChI=1S/C24H45N7O9/c1-28(16-22(35)36)13-19(32)25-7-4-10-31(11-5-8-26-20(33)14-29(2)17-23(37)38)12-6-9-27-21(34)15-30(3)18-24(39)40/h4-18H2,1-3H3,(H,25,32)(H,26,33)(H,27,34)(H,35,36)(H,37,38)(H,39,40). The smallest absolute Gasteiger partial charge is 0.317 e. The van der Waals surface area contributed by atoms with Gasteiger partial charge in [-0.05, 0) is 60.0 Å². The molecule has 0 heterocycles. The van der Waals surface area contributed by atoms with Gasteiger partial charge in [0.25, 0.3) is 0 Å². The number of carboxylic acids is 3. The van der Waals surface area contributed by atoms with E-state index in [-0.39, 0.29) is 57.0 Å². The first kappa shape index (κ1) is 36.7. The molecule has 0 aliphatic carbocycles. The van der Waals surface area contributed by atoms with E-state index in [9.17, 15) is 28.8 Å². The van der Waals surface area contributed by atoms with Crippen LogP contribution in [0, 0.1) is 0 Å². The van der Waals surface area contributed by atoms with Crippen molar-refractivity contribution in [3.63, 3.8) is 0 Å². The van der Waals surface area contributed by atoms with Crippen LogP contribution in [0.2, 0.25) is 0 Å². The van der Waals surface area contributed by atoms with E-state index in [2.05, 4.69) is 20.9 Å². The molecular formula is C24H45N7O9. The Morgan fingerprint density at radius 1 is 0.475 bits per heavy atom. The van der Waals surface area contributed by atoms with Gasteiger partial charge in [-0.25, -0.2) is 0 Å². The molecule has 6 N–H and O–H groups in total. The Morgan fingerprint density at radius 3 is 0.950 bits per heavy atom. The van der Waals surface area contributed by atoms with E-state index in [1.54, 1.807) is 21.1 Å². The van der Waals surface area contributed by atoms with Crippen LogP contribution in [0.5, 0.6) is 0 Å². The highest BCUT2D eigenvalue weighted by Gasteiger charge is 2.12. The molecular weight excluding hydrogens is 530 g/mol. The molecule has 0 aromatic heterocycles. The Kier molecular flexibility index (Phi) is 19.7. The molecule has 0 saturated heterocycles. The van der Waals surface area contributed by atoms with Crippen LogP contribution in [0.25, 0.3) is 0 Å². The molecule has 40 heavy (non-hydrogen) atoms. The van der Waals surface area contributed by atoms with E-state index < -0.39 is 17.9 Å². The summed E-state index contributed by atoms with van der Waals surface area (Å²) in [5, 5.41) is 34.6. The largest absolute Gasteiger partial charge is 0.480 e. The van der Waals surface area contributed by atoms with Gasteiger partial charge in [0, 0.05) is 19.6 Å². The minimum Gasteiger partial charge on any atom is -0.480 e. The van der Waals surface area contributed by atoms with Crippen molar-refractivity contribution in [1.29, 1.82) is 0 Å². The van der Waals surface area contributed by atoms with Crippen molar-refractivity contribution in [2.75, 3.05) is 99.7 Å². The molecule has 0 unspecified atom stereocenters. The molecule has 0 bridgehead atoms. The molecule has 0 aromatic rings.